The molecule has 0 atom stereocenters. The number of aromatic nitrogens is 2. The number of rotatable bonds is 4. The summed E-state index contributed by atoms with van der Waals surface area (Å²) in [6.45, 7) is 2.75. The van der Waals surface area contributed by atoms with Crippen LogP contribution in [0.2, 0.25) is 0 Å². The maximum atomic E-state index is 11.8. The summed E-state index contributed by atoms with van der Waals surface area (Å²) in [6.07, 6.45) is 5.64. The van der Waals surface area contributed by atoms with E-state index >= 15 is 0 Å². The molecule has 1 aliphatic rings. The molecule has 2 N–H and O–H groups in total. The van der Waals surface area contributed by atoms with E-state index in [9.17, 15) is 9.90 Å². The van der Waals surface area contributed by atoms with Gasteiger partial charge >= 0.3 is 6.03 Å². The number of carbonyl (C=O) groups is 1. The van der Waals surface area contributed by atoms with Gasteiger partial charge < -0.3 is 15.3 Å². The third-order valence-electron chi connectivity index (χ3n) is 3.15. The molecule has 0 aromatic carbocycles. The second-order valence-corrected chi connectivity index (χ2v) is 4.57. The largest absolute Gasteiger partial charge is 0.393 e. The molecule has 18 heavy (non-hydrogen) atoms. The van der Waals surface area contributed by atoms with Gasteiger partial charge in [0.1, 0.15) is 0 Å². The normalized spacial score (nSPS) is 16.8. The average Bonchev–Trinajstić information content (AvgIpc) is 2.88. The van der Waals surface area contributed by atoms with Crippen LogP contribution < -0.4 is 5.32 Å². The number of nitrogens with zero attached hydrogens (tertiary/aromatic N) is 3. The Kier molecular flexibility index (Phi) is 4.58. The molecule has 6 heteroatoms. The molecule has 6 nitrogen and oxygen atoms in total. The Morgan fingerprint density at radius 1 is 1.44 bits per heavy atom. The number of amides is 2. The highest BCUT2D eigenvalue weighted by Crippen LogP contribution is 2.09. The lowest BCUT2D eigenvalue weighted by molar-refractivity contribution is 0.0937. The van der Waals surface area contributed by atoms with E-state index in [1.54, 1.807) is 11.1 Å². The van der Waals surface area contributed by atoms with Gasteiger partial charge in [-0.2, -0.15) is 5.10 Å². The average molecular weight is 252 g/mol. The third-order valence-corrected chi connectivity index (χ3v) is 3.15. The number of urea groups is 1. The zero-order valence-electron chi connectivity index (χ0n) is 10.5. The first-order valence-corrected chi connectivity index (χ1v) is 6.44. The van der Waals surface area contributed by atoms with Crippen molar-refractivity contribution in [3.8, 4) is 0 Å². The summed E-state index contributed by atoms with van der Waals surface area (Å²) in [5.41, 5.74) is 0. The van der Waals surface area contributed by atoms with E-state index in [2.05, 4.69) is 10.4 Å². The summed E-state index contributed by atoms with van der Waals surface area (Å²) in [5, 5.41) is 16.4. The minimum Gasteiger partial charge on any atom is -0.393 e. The third kappa shape index (κ3) is 3.73. The van der Waals surface area contributed by atoms with Crippen LogP contribution in [0.3, 0.4) is 0 Å². The highest BCUT2D eigenvalue weighted by atomic mass is 16.3. The molecule has 1 aromatic rings. The highest BCUT2D eigenvalue weighted by molar-refractivity contribution is 5.74. The monoisotopic (exact) mass is 252 g/mol. The summed E-state index contributed by atoms with van der Waals surface area (Å²) >= 11 is 0. The molecular formula is C12H20N4O2. The number of hydrogen-bond donors (Lipinski definition) is 2. The van der Waals surface area contributed by atoms with Crippen LogP contribution in [0.15, 0.2) is 18.5 Å². The van der Waals surface area contributed by atoms with Crippen LogP contribution in [-0.2, 0) is 6.54 Å². The molecule has 0 spiro atoms. The fourth-order valence-corrected chi connectivity index (χ4v) is 2.05. The van der Waals surface area contributed by atoms with Crippen LogP contribution in [0.5, 0.6) is 0 Å². The number of aliphatic hydroxyl groups is 1. The maximum absolute atomic E-state index is 11.8. The van der Waals surface area contributed by atoms with Gasteiger partial charge in [-0.1, -0.05) is 0 Å². The van der Waals surface area contributed by atoms with Crippen molar-refractivity contribution in [1.29, 1.82) is 0 Å². The molecule has 1 fully saturated rings. The Morgan fingerprint density at radius 2 is 2.22 bits per heavy atom. The number of aliphatic hydroxyl groups excluding tert-OH is 1. The van der Waals surface area contributed by atoms with Crippen molar-refractivity contribution in [2.75, 3.05) is 19.6 Å². The zero-order valence-corrected chi connectivity index (χ0v) is 10.5. The Hall–Kier alpha value is -1.56. The van der Waals surface area contributed by atoms with Gasteiger partial charge in [-0.3, -0.25) is 4.68 Å². The van der Waals surface area contributed by atoms with Crippen molar-refractivity contribution in [2.24, 2.45) is 0 Å². The van der Waals surface area contributed by atoms with Crippen LogP contribution in [0, 0.1) is 0 Å². The first-order chi connectivity index (χ1) is 8.75. The fraction of sp³-hybridized carbons (Fsp3) is 0.667. The summed E-state index contributed by atoms with van der Waals surface area (Å²) in [5.74, 6) is 0. The van der Waals surface area contributed by atoms with Crippen LogP contribution in [0.25, 0.3) is 0 Å². The van der Waals surface area contributed by atoms with E-state index < -0.39 is 0 Å². The Bertz CT molecular complexity index is 358. The predicted molar refractivity (Wildman–Crippen MR) is 67.1 cm³/mol. The van der Waals surface area contributed by atoms with Gasteiger partial charge in [-0.25, -0.2) is 4.79 Å². The van der Waals surface area contributed by atoms with Crippen molar-refractivity contribution in [2.45, 2.75) is 31.9 Å². The van der Waals surface area contributed by atoms with Gasteiger partial charge in [0.15, 0.2) is 0 Å². The van der Waals surface area contributed by atoms with Crippen LogP contribution >= 0.6 is 0 Å². The van der Waals surface area contributed by atoms with Crippen molar-refractivity contribution in [3.63, 3.8) is 0 Å². The van der Waals surface area contributed by atoms with Crippen molar-refractivity contribution >= 4 is 6.03 Å². The second kappa shape index (κ2) is 6.39. The molecule has 1 aromatic heterocycles. The number of aryl methyl sites for hydroxylation is 1. The quantitative estimate of drug-likeness (QED) is 0.764. The Morgan fingerprint density at radius 3 is 2.89 bits per heavy atom. The van der Waals surface area contributed by atoms with E-state index in [1.165, 1.54) is 0 Å². The molecule has 100 valence electrons. The molecule has 1 aliphatic heterocycles. The van der Waals surface area contributed by atoms with E-state index in [1.807, 2.05) is 16.9 Å². The molecule has 0 radical (unpaired) electrons. The molecule has 2 heterocycles. The number of hydrogen-bond acceptors (Lipinski definition) is 3. The van der Waals surface area contributed by atoms with Gasteiger partial charge in [0.05, 0.1) is 6.10 Å². The predicted octanol–water partition coefficient (Wildman–Crippen LogP) is 0.439. The minimum absolute atomic E-state index is 0.0256. The summed E-state index contributed by atoms with van der Waals surface area (Å²) in [7, 11) is 0. The van der Waals surface area contributed by atoms with Gasteiger partial charge in [0, 0.05) is 38.6 Å². The Balaban J connectivity index is 1.60. The number of piperidine rings is 1. The van der Waals surface area contributed by atoms with Crippen LogP contribution in [-0.4, -0.2) is 51.6 Å². The summed E-state index contributed by atoms with van der Waals surface area (Å²) in [6, 6.07) is 1.86. The van der Waals surface area contributed by atoms with E-state index in [-0.39, 0.29) is 12.1 Å². The lowest BCUT2D eigenvalue weighted by atomic mass is 10.1. The van der Waals surface area contributed by atoms with Crippen molar-refractivity contribution in [3.05, 3.63) is 18.5 Å². The van der Waals surface area contributed by atoms with Gasteiger partial charge in [-0.15, -0.1) is 0 Å². The van der Waals surface area contributed by atoms with Gasteiger partial charge in [0.25, 0.3) is 0 Å². The van der Waals surface area contributed by atoms with E-state index in [0.717, 1.165) is 13.0 Å². The van der Waals surface area contributed by atoms with Crippen molar-refractivity contribution in [1.82, 2.24) is 20.0 Å². The van der Waals surface area contributed by atoms with E-state index in [0.29, 0.717) is 32.5 Å². The zero-order chi connectivity index (χ0) is 12.8. The molecule has 2 rings (SSSR count). The first kappa shape index (κ1) is 12.9. The maximum Gasteiger partial charge on any atom is 0.317 e. The lowest BCUT2D eigenvalue weighted by Gasteiger charge is -2.29. The summed E-state index contributed by atoms with van der Waals surface area (Å²) < 4.78 is 1.85. The molecule has 0 saturated carbocycles. The van der Waals surface area contributed by atoms with Crippen LogP contribution in [0.4, 0.5) is 4.79 Å². The first-order valence-electron chi connectivity index (χ1n) is 6.44. The molecule has 0 bridgehead atoms. The summed E-state index contributed by atoms with van der Waals surface area (Å²) in [4.78, 5) is 13.5. The molecule has 1 saturated heterocycles. The van der Waals surface area contributed by atoms with E-state index in [4.69, 9.17) is 0 Å². The molecule has 2 amide bonds. The Labute approximate surface area is 107 Å². The van der Waals surface area contributed by atoms with Crippen LogP contribution in [0.1, 0.15) is 19.3 Å². The second-order valence-electron chi connectivity index (χ2n) is 4.57. The smallest absolute Gasteiger partial charge is 0.317 e. The topological polar surface area (TPSA) is 70.4 Å². The number of nitrogens with one attached hydrogen (secondary N) is 1. The fourth-order valence-electron chi connectivity index (χ4n) is 2.05. The lowest BCUT2D eigenvalue weighted by Crippen LogP contribution is -2.45. The number of carbonyl (C=O) groups excluding carboxylic acids is 1. The standard InChI is InChI=1S/C12H20N4O2/c17-11-3-9-15(10-4-11)12(18)13-5-1-7-16-8-2-6-14-16/h2,6,8,11,17H,1,3-5,7,9-10H2,(H,13,18). The SMILES string of the molecule is O=C(NCCCn1cccn1)N1CCC(O)CC1. The van der Waals surface area contributed by atoms with Gasteiger partial charge in [0.2, 0.25) is 0 Å². The minimum atomic E-state index is -0.242. The molecule has 0 aliphatic carbocycles. The van der Waals surface area contributed by atoms with Crippen molar-refractivity contribution < 1.29 is 9.90 Å². The van der Waals surface area contributed by atoms with Gasteiger partial charge in [-0.05, 0) is 25.3 Å². The number of likely N-dealkylation sites (tertiary alicyclic amines) is 1. The molecular weight excluding hydrogens is 232 g/mol. The highest BCUT2D eigenvalue weighted by Gasteiger charge is 2.20. The molecule has 0 unspecified atom stereocenters.